The van der Waals surface area contributed by atoms with Crippen molar-refractivity contribution in [2.75, 3.05) is 13.1 Å². The summed E-state index contributed by atoms with van der Waals surface area (Å²) in [6.45, 7) is 2.19. The smallest absolute Gasteiger partial charge is 0.0277 e. The fourth-order valence-electron chi connectivity index (χ4n) is 1.34. The van der Waals surface area contributed by atoms with E-state index in [1.165, 1.54) is 17.7 Å². The molecule has 0 fully saturated rings. The van der Waals surface area contributed by atoms with Crippen molar-refractivity contribution < 1.29 is 0 Å². The Kier molecular flexibility index (Phi) is 2.69. The van der Waals surface area contributed by atoms with Crippen molar-refractivity contribution in [1.29, 1.82) is 0 Å². The van der Waals surface area contributed by atoms with Crippen LogP contribution in [-0.4, -0.2) is 17.4 Å². The van der Waals surface area contributed by atoms with Gasteiger partial charge in [-0.3, -0.25) is 0 Å². The largest absolute Gasteiger partial charge is 0.239 e. The summed E-state index contributed by atoms with van der Waals surface area (Å²) >= 11 is 1.87. The van der Waals surface area contributed by atoms with Crippen molar-refractivity contribution in [3.05, 3.63) is 35.3 Å². The first kappa shape index (κ1) is 8.14. The van der Waals surface area contributed by atoms with Crippen LogP contribution in [0.4, 0.5) is 0 Å². The maximum atomic E-state index is 2.36. The lowest BCUT2D eigenvalue weighted by molar-refractivity contribution is 0.613. The van der Waals surface area contributed by atoms with Crippen LogP contribution in [-0.2, 0) is 0 Å². The van der Waals surface area contributed by atoms with Crippen molar-refractivity contribution in [3.63, 3.8) is 0 Å². The third kappa shape index (κ3) is 2.02. The van der Waals surface area contributed by atoms with Gasteiger partial charge in [0.05, 0.1) is 0 Å². The summed E-state index contributed by atoms with van der Waals surface area (Å²) in [4.78, 5) is 1.41. The number of allylic oxidation sites excluding steroid dienone is 3. The SMILES string of the molecule is C1=CC(SN2CC=CC2)=CCC1. The second-order valence-electron chi connectivity index (χ2n) is 3.00. The van der Waals surface area contributed by atoms with E-state index in [2.05, 4.69) is 34.7 Å². The second-order valence-corrected chi connectivity index (χ2v) is 4.17. The molecule has 0 radical (unpaired) electrons. The molecule has 2 rings (SSSR count). The third-order valence-corrected chi connectivity index (χ3v) is 3.05. The van der Waals surface area contributed by atoms with Crippen LogP contribution in [0.1, 0.15) is 12.8 Å². The van der Waals surface area contributed by atoms with E-state index in [4.69, 9.17) is 0 Å². The molecule has 0 atom stereocenters. The maximum absolute atomic E-state index is 2.36. The fourth-order valence-corrected chi connectivity index (χ4v) is 2.31. The summed E-state index contributed by atoms with van der Waals surface area (Å²) in [5, 5.41) is 0. The summed E-state index contributed by atoms with van der Waals surface area (Å²) in [6, 6.07) is 0. The van der Waals surface area contributed by atoms with Crippen LogP contribution >= 0.6 is 11.9 Å². The number of hydrogen-bond donors (Lipinski definition) is 0. The summed E-state index contributed by atoms with van der Waals surface area (Å²) < 4.78 is 2.36. The van der Waals surface area contributed by atoms with Crippen LogP contribution in [0, 0.1) is 0 Å². The Bertz CT molecular complexity index is 232. The monoisotopic (exact) mass is 179 g/mol. The van der Waals surface area contributed by atoms with Gasteiger partial charge >= 0.3 is 0 Å². The zero-order chi connectivity index (χ0) is 8.23. The van der Waals surface area contributed by atoms with E-state index in [0.29, 0.717) is 0 Å². The van der Waals surface area contributed by atoms with Crippen LogP contribution in [0.2, 0.25) is 0 Å². The third-order valence-electron chi connectivity index (χ3n) is 1.98. The topological polar surface area (TPSA) is 3.24 Å². The minimum Gasteiger partial charge on any atom is -0.239 e. The highest BCUT2D eigenvalue weighted by atomic mass is 32.2. The summed E-state index contributed by atoms with van der Waals surface area (Å²) in [7, 11) is 0. The van der Waals surface area contributed by atoms with E-state index >= 15 is 0 Å². The molecule has 0 spiro atoms. The Morgan fingerprint density at radius 3 is 2.58 bits per heavy atom. The zero-order valence-electron chi connectivity index (χ0n) is 7.07. The van der Waals surface area contributed by atoms with Crippen LogP contribution < -0.4 is 0 Å². The predicted molar refractivity (Wildman–Crippen MR) is 54.8 cm³/mol. The van der Waals surface area contributed by atoms with Gasteiger partial charge in [0.2, 0.25) is 0 Å². The van der Waals surface area contributed by atoms with Gasteiger partial charge in [0, 0.05) is 18.0 Å². The number of nitrogens with zero attached hydrogens (tertiary/aromatic N) is 1. The van der Waals surface area contributed by atoms with Crippen LogP contribution in [0.3, 0.4) is 0 Å². The Balaban J connectivity index is 1.86. The lowest BCUT2D eigenvalue weighted by Gasteiger charge is -2.15. The molecule has 0 amide bonds. The predicted octanol–water partition coefficient (Wildman–Crippen LogP) is 2.74. The van der Waals surface area contributed by atoms with Gasteiger partial charge in [-0.2, -0.15) is 0 Å². The number of hydrogen-bond acceptors (Lipinski definition) is 2. The van der Waals surface area contributed by atoms with Gasteiger partial charge in [0.15, 0.2) is 0 Å². The van der Waals surface area contributed by atoms with Gasteiger partial charge in [0.25, 0.3) is 0 Å². The molecule has 1 aliphatic heterocycles. The van der Waals surface area contributed by atoms with E-state index in [9.17, 15) is 0 Å². The average molecular weight is 179 g/mol. The van der Waals surface area contributed by atoms with Crippen molar-refractivity contribution >= 4 is 11.9 Å². The molecule has 12 heavy (non-hydrogen) atoms. The molecule has 64 valence electrons. The van der Waals surface area contributed by atoms with Crippen molar-refractivity contribution in [2.24, 2.45) is 0 Å². The normalized spacial score (nSPS) is 23.2. The van der Waals surface area contributed by atoms with E-state index in [0.717, 1.165) is 13.1 Å². The van der Waals surface area contributed by atoms with Gasteiger partial charge in [-0.25, -0.2) is 4.31 Å². The summed E-state index contributed by atoms with van der Waals surface area (Å²) in [6.07, 6.45) is 13.7. The van der Waals surface area contributed by atoms with Crippen molar-refractivity contribution in [3.8, 4) is 0 Å². The molecular weight excluding hydrogens is 166 g/mol. The molecular formula is C10H13NS. The van der Waals surface area contributed by atoms with Crippen molar-refractivity contribution in [1.82, 2.24) is 4.31 Å². The first-order valence-corrected chi connectivity index (χ1v) is 5.17. The molecule has 0 saturated carbocycles. The molecule has 0 N–H and O–H groups in total. The van der Waals surface area contributed by atoms with Crippen LogP contribution in [0.15, 0.2) is 35.3 Å². The molecule has 0 saturated heterocycles. The van der Waals surface area contributed by atoms with Gasteiger partial charge in [0.1, 0.15) is 0 Å². The highest BCUT2D eigenvalue weighted by Crippen LogP contribution is 2.26. The first-order chi connectivity index (χ1) is 5.95. The Labute approximate surface area is 78.0 Å². The molecule has 0 aromatic heterocycles. The van der Waals surface area contributed by atoms with Gasteiger partial charge in [-0.05, 0) is 24.8 Å². The molecule has 2 aliphatic rings. The highest BCUT2D eigenvalue weighted by Gasteiger charge is 2.08. The van der Waals surface area contributed by atoms with Gasteiger partial charge in [-0.1, -0.05) is 30.4 Å². The molecule has 1 aliphatic carbocycles. The average Bonchev–Trinajstić information content (AvgIpc) is 2.59. The molecule has 1 nitrogen and oxygen atoms in total. The van der Waals surface area contributed by atoms with E-state index < -0.39 is 0 Å². The Morgan fingerprint density at radius 1 is 1.08 bits per heavy atom. The number of rotatable bonds is 2. The van der Waals surface area contributed by atoms with Gasteiger partial charge in [-0.15, -0.1) is 0 Å². The molecule has 0 aromatic carbocycles. The summed E-state index contributed by atoms with van der Waals surface area (Å²) in [5.41, 5.74) is 0. The second kappa shape index (κ2) is 3.97. The highest BCUT2D eigenvalue weighted by molar-refractivity contribution is 8.01. The lowest BCUT2D eigenvalue weighted by atomic mass is 10.2. The van der Waals surface area contributed by atoms with E-state index in [-0.39, 0.29) is 0 Å². The Hall–Kier alpha value is -0.470. The van der Waals surface area contributed by atoms with Crippen LogP contribution in [0.25, 0.3) is 0 Å². The molecule has 0 bridgehead atoms. The van der Waals surface area contributed by atoms with Crippen LogP contribution in [0.5, 0.6) is 0 Å². The fraction of sp³-hybridized carbons (Fsp3) is 0.400. The van der Waals surface area contributed by atoms with Crippen molar-refractivity contribution in [2.45, 2.75) is 12.8 Å². The maximum Gasteiger partial charge on any atom is 0.0277 e. The minimum absolute atomic E-state index is 1.09. The van der Waals surface area contributed by atoms with Gasteiger partial charge < -0.3 is 0 Å². The van der Waals surface area contributed by atoms with E-state index in [1.807, 2.05) is 11.9 Å². The lowest BCUT2D eigenvalue weighted by Crippen LogP contribution is -2.10. The van der Waals surface area contributed by atoms with E-state index in [1.54, 1.807) is 0 Å². The molecule has 2 heteroatoms. The molecule has 0 aromatic rings. The molecule has 1 heterocycles. The first-order valence-electron chi connectivity index (χ1n) is 4.40. The Morgan fingerprint density at radius 2 is 1.92 bits per heavy atom. The zero-order valence-corrected chi connectivity index (χ0v) is 7.89. The molecule has 0 unspecified atom stereocenters. The standard InChI is InChI=1S/C10H13NS/c1-2-6-10(7-3-1)12-11-8-4-5-9-11/h2,4-7H,1,3,8-9H2. The quantitative estimate of drug-likeness (QED) is 0.473. The minimum atomic E-state index is 1.09. The summed E-state index contributed by atoms with van der Waals surface area (Å²) in [5.74, 6) is 0.